The fourth-order valence-corrected chi connectivity index (χ4v) is 3.46. The highest BCUT2D eigenvalue weighted by Crippen LogP contribution is 2.14. The molecule has 0 saturated carbocycles. The maximum absolute atomic E-state index is 10.4. The van der Waals surface area contributed by atoms with E-state index in [1.807, 2.05) is 0 Å². The molecule has 0 unspecified atom stereocenters. The van der Waals surface area contributed by atoms with Gasteiger partial charge in [-0.1, -0.05) is 51.4 Å². The number of halogens is 1. The zero-order valence-electron chi connectivity index (χ0n) is 16.5. The Kier molecular flexibility index (Phi) is 19.0. The van der Waals surface area contributed by atoms with E-state index in [2.05, 4.69) is 20.8 Å². The Labute approximate surface area is 157 Å². The Balaban J connectivity index is 0. The Morgan fingerprint density at radius 3 is 1.33 bits per heavy atom. The third kappa shape index (κ3) is 14.1. The van der Waals surface area contributed by atoms with Gasteiger partial charge in [-0.25, -0.2) is 0 Å². The first-order valence-electron chi connectivity index (χ1n) is 10.2. The van der Waals surface area contributed by atoms with E-state index in [-0.39, 0.29) is 12.4 Å². The van der Waals surface area contributed by atoms with Crippen LogP contribution in [0.1, 0.15) is 97.8 Å². The number of hydrogen-bond acceptors (Lipinski definition) is 1. The molecular weight excluding hydrogens is 322 g/mol. The summed E-state index contributed by atoms with van der Waals surface area (Å²) in [6, 6.07) is 0. The standard InChI is InChI=1S/C20H41NO2.ClH/c1-4-21(5-2,6-3)19-17-15-13-11-9-7-8-10-12-14-16-18-20(22)23;/h4-19H2,1-3H3;1H. The quantitative estimate of drug-likeness (QED) is 0.318. The van der Waals surface area contributed by atoms with E-state index in [0.29, 0.717) is 6.42 Å². The maximum Gasteiger partial charge on any atom is 0.303 e. The number of carbonyl (C=O) groups is 1. The van der Waals surface area contributed by atoms with Crippen LogP contribution in [0.4, 0.5) is 0 Å². The number of hydrogen-bond donors (Lipinski definition) is 1. The second-order valence-electron chi connectivity index (χ2n) is 7.05. The van der Waals surface area contributed by atoms with Gasteiger partial charge in [0.25, 0.3) is 0 Å². The van der Waals surface area contributed by atoms with Gasteiger partial charge in [0.15, 0.2) is 0 Å². The number of carboxylic acid groups (broad SMARTS) is 1. The fourth-order valence-electron chi connectivity index (χ4n) is 3.46. The first kappa shape index (κ1) is 26.0. The predicted molar refractivity (Wildman–Crippen MR) is 99.8 cm³/mol. The second kappa shape index (κ2) is 17.5. The van der Waals surface area contributed by atoms with Crippen LogP contribution in [0.2, 0.25) is 0 Å². The van der Waals surface area contributed by atoms with E-state index < -0.39 is 5.97 Å². The molecule has 0 fully saturated rings. The molecule has 0 bridgehead atoms. The highest BCUT2D eigenvalue weighted by Gasteiger charge is 2.19. The van der Waals surface area contributed by atoms with E-state index in [0.717, 1.165) is 12.8 Å². The van der Waals surface area contributed by atoms with Gasteiger partial charge >= 0.3 is 5.97 Å². The lowest BCUT2D eigenvalue weighted by molar-refractivity contribution is -0.923. The van der Waals surface area contributed by atoms with E-state index in [1.165, 1.54) is 88.4 Å². The summed E-state index contributed by atoms with van der Waals surface area (Å²) in [7, 11) is 0. The number of quaternary nitrogens is 1. The third-order valence-corrected chi connectivity index (χ3v) is 5.54. The van der Waals surface area contributed by atoms with Crippen LogP contribution in [-0.2, 0) is 4.79 Å². The molecule has 0 aromatic heterocycles. The lowest BCUT2D eigenvalue weighted by Crippen LogP contribution is -3.00. The minimum absolute atomic E-state index is 0. The average Bonchev–Trinajstić information content (AvgIpc) is 2.56. The van der Waals surface area contributed by atoms with Crippen LogP contribution in [0, 0.1) is 0 Å². The molecule has 0 aliphatic heterocycles. The average molecular weight is 364 g/mol. The highest BCUT2D eigenvalue weighted by atomic mass is 35.5. The molecule has 0 aliphatic carbocycles. The molecule has 0 radical (unpaired) electrons. The molecule has 4 heteroatoms. The normalized spacial score (nSPS) is 11.3. The summed E-state index contributed by atoms with van der Waals surface area (Å²) >= 11 is 0. The molecule has 0 spiro atoms. The highest BCUT2D eigenvalue weighted by molar-refractivity contribution is 5.66. The summed E-state index contributed by atoms with van der Waals surface area (Å²) in [5, 5.41) is 8.56. The van der Waals surface area contributed by atoms with Crippen molar-refractivity contribution in [1.29, 1.82) is 0 Å². The SMILES string of the molecule is CC[N+](CC)(CC)CCCCCCCCCCCCCC(=O)O.[Cl-]. The Bertz CT molecular complexity index is 273. The summed E-state index contributed by atoms with van der Waals surface area (Å²) in [5.74, 6) is -0.655. The summed E-state index contributed by atoms with van der Waals surface area (Å²) in [6.45, 7) is 12.2. The molecule has 0 atom stereocenters. The number of nitrogens with zero attached hydrogens (tertiary/aromatic N) is 1. The zero-order chi connectivity index (χ0) is 17.4. The van der Waals surface area contributed by atoms with Gasteiger partial charge in [-0.3, -0.25) is 4.79 Å². The molecule has 0 aliphatic rings. The maximum atomic E-state index is 10.4. The Morgan fingerprint density at radius 2 is 1.00 bits per heavy atom. The van der Waals surface area contributed by atoms with Crippen LogP contribution in [0.25, 0.3) is 0 Å². The van der Waals surface area contributed by atoms with Crippen molar-refractivity contribution in [2.75, 3.05) is 26.2 Å². The molecule has 1 N–H and O–H groups in total. The number of aliphatic carboxylic acids is 1. The predicted octanol–water partition coefficient (Wildman–Crippen LogP) is 2.63. The smallest absolute Gasteiger partial charge is 0.303 e. The van der Waals surface area contributed by atoms with E-state index >= 15 is 0 Å². The topological polar surface area (TPSA) is 37.3 Å². The third-order valence-electron chi connectivity index (χ3n) is 5.54. The van der Waals surface area contributed by atoms with Gasteiger partial charge in [0.2, 0.25) is 0 Å². The molecule has 0 rings (SSSR count). The fraction of sp³-hybridized carbons (Fsp3) is 0.950. The molecule has 0 aromatic carbocycles. The van der Waals surface area contributed by atoms with Crippen molar-refractivity contribution in [3.8, 4) is 0 Å². The Hall–Kier alpha value is -0.280. The van der Waals surface area contributed by atoms with Crippen molar-refractivity contribution in [2.45, 2.75) is 97.8 Å². The minimum Gasteiger partial charge on any atom is -1.00 e. The van der Waals surface area contributed by atoms with Gasteiger partial charge in [0.05, 0.1) is 26.2 Å². The minimum atomic E-state index is -0.655. The van der Waals surface area contributed by atoms with Crippen LogP contribution < -0.4 is 12.4 Å². The molecule has 3 nitrogen and oxygen atoms in total. The van der Waals surface area contributed by atoms with Gasteiger partial charge in [0, 0.05) is 6.42 Å². The zero-order valence-corrected chi connectivity index (χ0v) is 17.3. The van der Waals surface area contributed by atoms with Crippen LogP contribution in [0.15, 0.2) is 0 Å². The molecule has 24 heavy (non-hydrogen) atoms. The molecule has 146 valence electrons. The molecule has 0 amide bonds. The molecule has 0 saturated heterocycles. The van der Waals surface area contributed by atoms with Gasteiger partial charge < -0.3 is 22.0 Å². The van der Waals surface area contributed by atoms with Gasteiger partial charge in [-0.2, -0.15) is 0 Å². The number of unbranched alkanes of at least 4 members (excludes halogenated alkanes) is 10. The lowest BCUT2D eigenvalue weighted by atomic mass is 10.0. The van der Waals surface area contributed by atoms with Crippen LogP contribution in [-0.4, -0.2) is 41.7 Å². The van der Waals surface area contributed by atoms with Crippen molar-refractivity contribution in [2.24, 2.45) is 0 Å². The van der Waals surface area contributed by atoms with Crippen molar-refractivity contribution < 1.29 is 26.8 Å². The van der Waals surface area contributed by atoms with Gasteiger partial charge in [0.1, 0.15) is 0 Å². The molecular formula is C20H42ClNO2. The monoisotopic (exact) mass is 363 g/mol. The van der Waals surface area contributed by atoms with Gasteiger partial charge in [-0.05, 0) is 40.0 Å². The number of carboxylic acids is 1. The molecule has 0 heterocycles. The van der Waals surface area contributed by atoms with Crippen LogP contribution in [0.3, 0.4) is 0 Å². The van der Waals surface area contributed by atoms with Gasteiger partial charge in [-0.15, -0.1) is 0 Å². The van der Waals surface area contributed by atoms with Crippen LogP contribution >= 0.6 is 0 Å². The summed E-state index contributed by atoms with van der Waals surface area (Å²) in [4.78, 5) is 10.4. The summed E-state index contributed by atoms with van der Waals surface area (Å²) in [6.07, 6.45) is 14.4. The number of rotatable bonds is 17. The van der Waals surface area contributed by atoms with Crippen molar-refractivity contribution >= 4 is 5.97 Å². The lowest BCUT2D eigenvalue weighted by Gasteiger charge is -2.35. The van der Waals surface area contributed by atoms with E-state index in [1.54, 1.807) is 0 Å². The largest absolute Gasteiger partial charge is 1.00 e. The first-order valence-corrected chi connectivity index (χ1v) is 10.2. The Morgan fingerprint density at radius 1 is 0.667 bits per heavy atom. The van der Waals surface area contributed by atoms with E-state index in [9.17, 15) is 4.79 Å². The van der Waals surface area contributed by atoms with E-state index in [4.69, 9.17) is 5.11 Å². The van der Waals surface area contributed by atoms with Crippen molar-refractivity contribution in [3.05, 3.63) is 0 Å². The summed E-state index contributed by atoms with van der Waals surface area (Å²) in [5.41, 5.74) is 0. The summed E-state index contributed by atoms with van der Waals surface area (Å²) < 4.78 is 1.29. The second-order valence-corrected chi connectivity index (χ2v) is 7.05. The van der Waals surface area contributed by atoms with Crippen molar-refractivity contribution in [3.63, 3.8) is 0 Å². The first-order chi connectivity index (χ1) is 11.1. The van der Waals surface area contributed by atoms with Crippen molar-refractivity contribution in [1.82, 2.24) is 0 Å². The molecule has 0 aromatic rings. The van der Waals surface area contributed by atoms with Crippen LogP contribution in [0.5, 0.6) is 0 Å².